The molecule has 5 nitrogen and oxygen atoms in total. The largest absolute Gasteiger partial charge is 0.516 e. The molecule has 0 saturated carbocycles. The van der Waals surface area contributed by atoms with E-state index < -0.39 is 15.5 Å². The molecule has 0 aliphatic rings. The fraction of sp³-hybridized carbons (Fsp3) is 0.235. The third kappa shape index (κ3) is 4.98. The summed E-state index contributed by atoms with van der Waals surface area (Å²) in [5.74, 6) is 0. The Kier molecular flexibility index (Phi) is 5.91. The monoisotopic (exact) mass is 386 g/mol. The SMILES string of the molecule is C/C(=N\OCc1ccc(C)cc1)c1ccccc1NS(=O)(=O)C(F)(F)F. The molecule has 0 aliphatic heterocycles. The van der Waals surface area contributed by atoms with E-state index >= 15 is 0 Å². The average molecular weight is 386 g/mol. The molecule has 0 heterocycles. The Morgan fingerprint density at radius 3 is 2.35 bits per heavy atom. The molecule has 2 aromatic carbocycles. The Bertz CT molecular complexity index is 892. The highest BCUT2D eigenvalue weighted by Crippen LogP contribution is 2.27. The minimum absolute atomic E-state index is 0.175. The Labute approximate surface area is 149 Å². The van der Waals surface area contributed by atoms with E-state index in [2.05, 4.69) is 5.16 Å². The second-order valence-electron chi connectivity index (χ2n) is 5.53. The van der Waals surface area contributed by atoms with Crippen LogP contribution in [0.2, 0.25) is 0 Å². The zero-order chi connectivity index (χ0) is 19.4. The van der Waals surface area contributed by atoms with Crippen LogP contribution in [0.1, 0.15) is 23.6 Å². The van der Waals surface area contributed by atoms with Crippen molar-refractivity contribution in [3.05, 3.63) is 65.2 Å². The lowest BCUT2D eigenvalue weighted by Crippen LogP contribution is -2.30. The number of rotatable bonds is 6. The van der Waals surface area contributed by atoms with Crippen LogP contribution in [0.25, 0.3) is 0 Å². The quantitative estimate of drug-likeness (QED) is 0.598. The smallest absolute Gasteiger partial charge is 0.391 e. The van der Waals surface area contributed by atoms with Gasteiger partial charge in [-0.2, -0.15) is 21.6 Å². The molecule has 0 fully saturated rings. The van der Waals surface area contributed by atoms with Gasteiger partial charge in [0.05, 0.1) is 11.4 Å². The lowest BCUT2D eigenvalue weighted by atomic mass is 10.1. The summed E-state index contributed by atoms with van der Waals surface area (Å²) in [5.41, 5.74) is -3.25. The molecule has 0 saturated heterocycles. The van der Waals surface area contributed by atoms with E-state index in [4.69, 9.17) is 4.84 Å². The van der Waals surface area contributed by atoms with Crippen LogP contribution < -0.4 is 4.72 Å². The van der Waals surface area contributed by atoms with Gasteiger partial charge < -0.3 is 4.84 Å². The number of halogens is 3. The number of nitrogens with one attached hydrogen (secondary N) is 1. The first kappa shape index (κ1) is 19.8. The van der Waals surface area contributed by atoms with Gasteiger partial charge in [-0.1, -0.05) is 53.2 Å². The Balaban J connectivity index is 2.16. The minimum Gasteiger partial charge on any atom is -0.391 e. The van der Waals surface area contributed by atoms with Gasteiger partial charge in [0.2, 0.25) is 0 Å². The normalized spacial score (nSPS) is 12.7. The lowest BCUT2D eigenvalue weighted by Gasteiger charge is -2.13. The predicted molar refractivity (Wildman–Crippen MR) is 93.2 cm³/mol. The van der Waals surface area contributed by atoms with Gasteiger partial charge in [-0.3, -0.25) is 4.72 Å². The van der Waals surface area contributed by atoms with E-state index in [0.717, 1.165) is 11.1 Å². The second kappa shape index (κ2) is 7.77. The van der Waals surface area contributed by atoms with Crippen molar-refractivity contribution in [2.24, 2.45) is 5.16 Å². The Morgan fingerprint density at radius 2 is 1.73 bits per heavy atom. The summed E-state index contributed by atoms with van der Waals surface area (Å²) in [6.07, 6.45) is 0. The Morgan fingerprint density at radius 1 is 1.12 bits per heavy atom. The lowest BCUT2D eigenvalue weighted by molar-refractivity contribution is -0.0429. The fourth-order valence-electron chi connectivity index (χ4n) is 2.03. The summed E-state index contributed by atoms with van der Waals surface area (Å²) < 4.78 is 61.9. The third-order valence-electron chi connectivity index (χ3n) is 3.42. The summed E-state index contributed by atoms with van der Waals surface area (Å²) in [7, 11) is -5.52. The van der Waals surface area contributed by atoms with Gasteiger partial charge in [-0.15, -0.1) is 0 Å². The van der Waals surface area contributed by atoms with Crippen LogP contribution in [0.15, 0.2) is 53.7 Å². The van der Waals surface area contributed by atoms with E-state index in [0.29, 0.717) is 0 Å². The number of alkyl halides is 3. The molecule has 0 unspecified atom stereocenters. The van der Waals surface area contributed by atoms with Crippen LogP contribution >= 0.6 is 0 Å². The summed E-state index contributed by atoms with van der Waals surface area (Å²) >= 11 is 0. The number of anilines is 1. The summed E-state index contributed by atoms with van der Waals surface area (Å²) in [5, 5.41) is 3.87. The van der Waals surface area contributed by atoms with Crippen molar-refractivity contribution in [2.75, 3.05) is 4.72 Å². The molecule has 0 aromatic heterocycles. The van der Waals surface area contributed by atoms with Crippen LogP contribution in [0.3, 0.4) is 0 Å². The number of para-hydroxylation sites is 1. The van der Waals surface area contributed by atoms with Gasteiger partial charge in [0.15, 0.2) is 0 Å². The van der Waals surface area contributed by atoms with Crippen molar-refractivity contribution in [3.8, 4) is 0 Å². The molecule has 0 aliphatic carbocycles. The zero-order valence-corrected chi connectivity index (χ0v) is 14.9. The highest BCUT2D eigenvalue weighted by molar-refractivity contribution is 7.93. The van der Waals surface area contributed by atoms with Crippen LogP contribution in [0, 0.1) is 6.92 Å². The van der Waals surface area contributed by atoms with Gasteiger partial charge >= 0.3 is 15.5 Å². The summed E-state index contributed by atoms with van der Waals surface area (Å²) in [6.45, 7) is 3.63. The van der Waals surface area contributed by atoms with Crippen molar-refractivity contribution in [2.45, 2.75) is 26.0 Å². The number of oxime groups is 1. The van der Waals surface area contributed by atoms with Crippen LogP contribution in [0.4, 0.5) is 18.9 Å². The van der Waals surface area contributed by atoms with Crippen molar-refractivity contribution < 1.29 is 26.4 Å². The van der Waals surface area contributed by atoms with Crippen LogP contribution in [-0.2, 0) is 21.5 Å². The Hall–Kier alpha value is -2.55. The number of aryl methyl sites for hydroxylation is 1. The van der Waals surface area contributed by atoms with Crippen molar-refractivity contribution in [3.63, 3.8) is 0 Å². The highest BCUT2D eigenvalue weighted by atomic mass is 32.2. The molecule has 0 atom stereocenters. The number of sulfonamides is 1. The first-order valence-corrected chi connectivity index (χ1v) is 8.99. The maximum Gasteiger partial charge on any atom is 0.516 e. The first-order chi connectivity index (χ1) is 12.1. The molecule has 2 aromatic rings. The van der Waals surface area contributed by atoms with E-state index in [9.17, 15) is 21.6 Å². The van der Waals surface area contributed by atoms with Crippen LogP contribution in [-0.4, -0.2) is 19.6 Å². The zero-order valence-electron chi connectivity index (χ0n) is 14.0. The van der Waals surface area contributed by atoms with Crippen LogP contribution in [0.5, 0.6) is 0 Å². The topological polar surface area (TPSA) is 67.8 Å². The van der Waals surface area contributed by atoms with Crippen molar-refractivity contribution >= 4 is 21.4 Å². The van der Waals surface area contributed by atoms with Gasteiger partial charge in [0, 0.05) is 5.56 Å². The van der Waals surface area contributed by atoms with E-state index in [-0.39, 0.29) is 23.6 Å². The number of benzene rings is 2. The van der Waals surface area contributed by atoms with E-state index in [1.165, 1.54) is 29.8 Å². The average Bonchev–Trinajstić information content (AvgIpc) is 2.55. The molecule has 140 valence electrons. The molecule has 26 heavy (non-hydrogen) atoms. The van der Waals surface area contributed by atoms with Crippen molar-refractivity contribution in [1.29, 1.82) is 0 Å². The second-order valence-corrected chi connectivity index (χ2v) is 7.21. The fourth-order valence-corrected chi connectivity index (χ4v) is 2.61. The van der Waals surface area contributed by atoms with Crippen molar-refractivity contribution in [1.82, 2.24) is 0 Å². The molecule has 0 radical (unpaired) electrons. The molecular formula is C17H17F3N2O3S. The molecule has 2 rings (SSSR count). The molecule has 0 amide bonds. The summed E-state index contributed by atoms with van der Waals surface area (Å²) in [4.78, 5) is 5.22. The number of hydrogen-bond acceptors (Lipinski definition) is 4. The van der Waals surface area contributed by atoms with E-state index in [1.54, 1.807) is 6.07 Å². The molecule has 0 spiro atoms. The van der Waals surface area contributed by atoms with Gasteiger partial charge in [-0.05, 0) is 25.5 Å². The van der Waals surface area contributed by atoms with E-state index in [1.807, 2.05) is 31.2 Å². The minimum atomic E-state index is -5.52. The molecule has 9 heteroatoms. The van der Waals surface area contributed by atoms with Gasteiger partial charge in [-0.25, -0.2) is 0 Å². The maximum atomic E-state index is 12.6. The third-order valence-corrected chi connectivity index (χ3v) is 4.52. The highest BCUT2D eigenvalue weighted by Gasteiger charge is 2.46. The summed E-state index contributed by atoms with van der Waals surface area (Å²) in [6, 6.07) is 13.2. The standard InChI is InChI=1S/C17H17F3N2O3S/c1-12-7-9-14(10-8-12)11-25-21-13(2)15-5-3-4-6-16(15)22-26(23,24)17(18,19)20/h3-10,22H,11H2,1-2H3/b21-13+. The van der Waals surface area contributed by atoms with Gasteiger partial charge in [0.25, 0.3) is 0 Å². The predicted octanol–water partition coefficient (Wildman–Crippen LogP) is 4.20. The number of hydrogen-bond donors (Lipinski definition) is 1. The number of nitrogens with zero attached hydrogens (tertiary/aromatic N) is 1. The first-order valence-electron chi connectivity index (χ1n) is 7.51. The maximum absolute atomic E-state index is 12.6. The van der Waals surface area contributed by atoms with Gasteiger partial charge in [0.1, 0.15) is 6.61 Å². The molecule has 1 N–H and O–H groups in total. The molecular weight excluding hydrogens is 369 g/mol. The molecule has 0 bridgehead atoms.